The van der Waals surface area contributed by atoms with E-state index in [1.165, 1.54) is 22.8 Å². The van der Waals surface area contributed by atoms with E-state index in [2.05, 4.69) is 45.7 Å². The van der Waals surface area contributed by atoms with Gasteiger partial charge in [0.2, 0.25) is 5.91 Å². The fourth-order valence-corrected chi connectivity index (χ4v) is 5.10. The summed E-state index contributed by atoms with van der Waals surface area (Å²) in [6, 6.07) is 12.6. The van der Waals surface area contributed by atoms with Crippen molar-refractivity contribution in [2.45, 2.75) is 19.3 Å². The van der Waals surface area contributed by atoms with E-state index in [4.69, 9.17) is 0 Å². The fraction of sp³-hybridized carbons (Fsp3) is 0.333. The van der Waals surface area contributed by atoms with Crippen molar-refractivity contribution in [3.05, 3.63) is 71.6 Å². The Morgan fingerprint density at radius 3 is 2.61 bits per heavy atom. The Labute approximate surface area is 186 Å². The van der Waals surface area contributed by atoms with Gasteiger partial charge in [-0.25, -0.2) is 4.98 Å². The molecule has 0 N–H and O–H groups in total. The van der Waals surface area contributed by atoms with E-state index >= 15 is 0 Å². The first-order chi connectivity index (χ1) is 15.0. The molecule has 1 aromatic carbocycles. The van der Waals surface area contributed by atoms with Crippen LogP contribution >= 0.6 is 11.3 Å². The van der Waals surface area contributed by atoms with Crippen molar-refractivity contribution in [2.75, 3.05) is 27.2 Å². The minimum absolute atomic E-state index is 0.0616. The van der Waals surface area contributed by atoms with E-state index in [0.717, 1.165) is 18.4 Å². The summed E-state index contributed by atoms with van der Waals surface area (Å²) < 4.78 is 0. The van der Waals surface area contributed by atoms with Gasteiger partial charge in [0.25, 0.3) is 5.91 Å². The Morgan fingerprint density at radius 1 is 1.16 bits per heavy atom. The van der Waals surface area contributed by atoms with Crippen LogP contribution in [0.5, 0.6) is 0 Å². The second-order valence-corrected chi connectivity index (χ2v) is 9.20. The summed E-state index contributed by atoms with van der Waals surface area (Å²) in [5, 5.41) is 2.07. The number of hydrogen-bond donors (Lipinski definition) is 0. The number of aromatic nitrogens is 2. The van der Waals surface area contributed by atoms with Crippen LogP contribution in [0.25, 0.3) is 10.4 Å². The number of benzene rings is 1. The van der Waals surface area contributed by atoms with Crippen LogP contribution < -0.4 is 0 Å². The maximum absolute atomic E-state index is 13.3. The molecule has 3 aromatic rings. The molecule has 2 amide bonds. The van der Waals surface area contributed by atoms with E-state index in [1.54, 1.807) is 41.4 Å². The molecule has 7 heteroatoms. The lowest BCUT2D eigenvalue weighted by atomic mass is 9.73. The minimum Gasteiger partial charge on any atom is -0.348 e. The van der Waals surface area contributed by atoms with Gasteiger partial charge in [0, 0.05) is 44.5 Å². The Bertz CT molecular complexity index is 1040. The molecule has 0 unspecified atom stereocenters. The number of carbonyl (C=O) groups excluding carboxylic acids is 2. The summed E-state index contributed by atoms with van der Waals surface area (Å²) in [5.74, 6) is -0.108. The molecule has 6 nitrogen and oxygen atoms in total. The molecule has 3 heterocycles. The van der Waals surface area contributed by atoms with Gasteiger partial charge in [0.05, 0.1) is 11.6 Å². The molecule has 31 heavy (non-hydrogen) atoms. The summed E-state index contributed by atoms with van der Waals surface area (Å²) in [6.45, 7) is 1.00. The quantitative estimate of drug-likeness (QED) is 0.613. The van der Waals surface area contributed by atoms with E-state index < -0.39 is 5.41 Å². The lowest BCUT2D eigenvalue weighted by Crippen LogP contribution is -2.54. The number of carbonyl (C=O) groups is 2. The molecule has 1 aliphatic rings. The topological polar surface area (TPSA) is 66.4 Å². The summed E-state index contributed by atoms with van der Waals surface area (Å²) in [7, 11) is 3.57. The minimum atomic E-state index is -0.649. The van der Waals surface area contributed by atoms with Crippen molar-refractivity contribution < 1.29 is 9.59 Å². The number of thiophene rings is 1. The van der Waals surface area contributed by atoms with E-state index in [0.29, 0.717) is 25.2 Å². The van der Waals surface area contributed by atoms with Gasteiger partial charge in [0.1, 0.15) is 5.69 Å². The predicted molar refractivity (Wildman–Crippen MR) is 122 cm³/mol. The molecule has 4 rings (SSSR count). The summed E-state index contributed by atoms with van der Waals surface area (Å²) in [4.78, 5) is 39.2. The van der Waals surface area contributed by atoms with Gasteiger partial charge >= 0.3 is 0 Å². The average molecular weight is 435 g/mol. The van der Waals surface area contributed by atoms with Gasteiger partial charge < -0.3 is 9.80 Å². The average Bonchev–Trinajstić information content (AvgIpc) is 3.34. The highest BCUT2D eigenvalue weighted by Crippen LogP contribution is 2.36. The van der Waals surface area contributed by atoms with E-state index in [-0.39, 0.29) is 11.8 Å². The highest BCUT2D eigenvalue weighted by atomic mass is 32.1. The molecular formula is C24H26N4O2S. The van der Waals surface area contributed by atoms with E-state index in [1.807, 2.05) is 6.07 Å². The molecule has 1 fully saturated rings. The third-order valence-corrected chi connectivity index (χ3v) is 6.73. The normalized spacial score (nSPS) is 18.6. The zero-order valence-corrected chi connectivity index (χ0v) is 18.6. The first-order valence-corrected chi connectivity index (χ1v) is 11.3. The Morgan fingerprint density at radius 2 is 1.97 bits per heavy atom. The van der Waals surface area contributed by atoms with Crippen molar-refractivity contribution >= 4 is 23.2 Å². The smallest absolute Gasteiger partial charge is 0.274 e. The Hall–Kier alpha value is -3.06. The lowest BCUT2D eigenvalue weighted by molar-refractivity contribution is -0.142. The van der Waals surface area contributed by atoms with Gasteiger partial charge in [-0.3, -0.25) is 14.6 Å². The third kappa shape index (κ3) is 4.51. The standard InChI is InChI=1S/C24H26N4O2S/c1-27(2)23(30)24(15-18-6-8-19(9-7-18)21-5-3-14-31-21)10-4-13-28(17-24)22(29)20-16-25-11-12-26-20/h3,5-9,11-12,14,16H,4,10,13,15,17H2,1-2H3/t24-/m0/s1. The number of piperidine rings is 1. The van der Waals surface area contributed by atoms with Crippen LogP contribution in [0.4, 0.5) is 0 Å². The van der Waals surface area contributed by atoms with Crippen LogP contribution in [0.3, 0.4) is 0 Å². The highest BCUT2D eigenvalue weighted by Gasteiger charge is 2.44. The highest BCUT2D eigenvalue weighted by molar-refractivity contribution is 7.13. The molecule has 1 aliphatic heterocycles. The van der Waals surface area contributed by atoms with Crippen LogP contribution in [-0.2, 0) is 11.2 Å². The van der Waals surface area contributed by atoms with Gasteiger partial charge in [-0.1, -0.05) is 30.3 Å². The molecule has 0 radical (unpaired) electrons. The fourth-order valence-electron chi connectivity index (χ4n) is 4.37. The van der Waals surface area contributed by atoms with Gasteiger partial charge in [-0.2, -0.15) is 0 Å². The first kappa shape index (κ1) is 21.2. The lowest BCUT2D eigenvalue weighted by Gasteiger charge is -2.43. The monoisotopic (exact) mass is 434 g/mol. The molecular weight excluding hydrogens is 408 g/mol. The molecule has 0 spiro atoms. The van der Waals surface area contributed by atoms with E-state index in [9.17, 15) is 9.59 Å². The Kier molecular flexibility index (Phi) is 6.13. The molecule has 0 aliphatic carbocycles. The maximum atomic E-state index is 13.3. The van der Waals surface area contributed by atoms with Crippen molar-refractivity contribution in [1.29, 1.82) is 0 Å². The molecule has 2 aromatic heterocycles. The number of amides is 2. The first-order valence-electron chi connectivity index (χ1n) is 10.4. The molecule has 1 atom stereocenters. The number of likely N-dealkylation sites (tertiary alicyclic amines) is 1. The second-order valence-electron chi connectivity index (χ2n) is 8.25. The zero-order chi connectivity index (χ0) is 21.8. The van der Waals surface area contributed by atoms with Crippen molar-refractivity contribution in [2.24, 2.45) is 5.41 Å². The largest absolute Gasteiger partial charge is 0.348 e. The maximum Gasteiger partial charge on any atom is 0.274 e. The van der Waals surface area contributed by atoms with Crippen LogP contribution in [0.1, 0.15) is 28.9 Å². The summed E-state index contributed by atoms with van der Waals surface area (Å²) in [5.41, 5.74) is 1.94. The molecule has 0 bridgehead atoms. The Balaban J connectivity index is 1.59. The molecule has 0 saturated carbocycles. The van der Waals surface area contributed by atoms with Crippen molar-refractivity contribution in [3.8, 4) is 10.4 Å². The third-order valence-electron chi connectivity index (χ3n) is 5.81. The second kappa shape index (κ2) is 8.98. The zero-order valence-electron chi connectivity index (χ0n) is 17.8. The molecule has 1 saturated heterocycles. The summed E-state index contributed by atoms with van der Waals surface area (Å²) in [6.07, 6.45) is 6.67. The van der Waals surface area contributed by atoms with Crippen LogP contribution in [0, 0.1) is 5.41 Å². The van der Waals surface area contributed by atoms with Crippen LogP contribution in [-0.4, -0.2) is 58.8 Å². The van der Waals surface area contributed by atoms with Crippen LogP contribution in [0.15, 0.2) is 60.4 Å². The van der Waals surface area contributed by atoms with Crippen molar-refractivity contribution in [3.63, 3.8) is 0 Å². The van der Waals surface area contributed by atoms with Gasteiger partial charge in [0.15, 0.2) is 0 Å². The SMILES string of the molecule is CN(C)C(=O)[C@]1(Cc2ccc(-c3cccs3)cc2)CCCN(C(=O)c2cnccn2)C1. The van der Waals surface area contributed by atoms with Gasteiger partial charge in [-0.05, 0) is 41.8 Å². The predicted octanol–water partition coefficient (Wildman–Crippen LogP) is 3.76. The molecule has 160 valence electrons. The number of nitrogens with zero attached hydrogens (tertiary/aromatic N) is 4. The van der Waals surface area contributed by atoms with Gasteiger partial charge in [-0.15, -0.1) is 11.3 Å². The number of hydrogen-bond acceptors (Lipinski definition) is 5. The number of rotatable bonds is 5. The van der Waals surface area contributed by atoms with Crippen LogP contribution in [0.2, 0.25) is 0 Å². The summed E-state index contributed by atoms with van der Waals surface area (Å²) >= 11 is 1.71. The van der Waals surface area contributed by atoms with Crippen molar-refractivity contribution in [1.82, 2.24) is 19.8 Å².